The summed E-state index contributed by atoms with van der Waals surface area (Å²) in [6, 6.07) is 5.95. The van der Waals surface area contributed by atoms with E-state index in [2.05, 4.69) is 11.6 Å². The van der Waals surface area contributed by atoms with Gasteiger partial charge < -0.3 is 10.3 Å². The Morgan fingerprint density at radius 3 is 2.50 bits per heavy atom. The maximum atomic E-state index is 12.2. The molecule has 1 aromatic heterocycles. The molecule has 0 atom stereocenters. The van der Waals surface area contributed by atoms with E-state index in [1.165, 1.54) is 12.1 Å². The van der Waals surface area contributed by atoms with Crippen molar-refractivity contribution in [3.05, 3.63) is 43.2 Å². The molecule has 1 heterocycles. The Morgan fingerprint density at radius 1 is 1.30 bits per heavy atom. The molecule has 3 nitrogen and oxygen atoms in total. The van der Waals surface area contributed by atoms with Crippen LogP contribution in [0.15, 0.2) is 48.1 Å². The van der Waals surface area contributed by atoms with Gasteiger partial charge >= 0.3 is 5.51 Å². The zero-order valence-electron chi connectivity index (χ0n) is 10.4. The molecule has 0 spiro atoms. The predicted octanol–water partition coefficient (Wildman–Crippen LogP) is 3.93. The quantitative estimate of drug-likeness (QED) is 0.687. The summed E-state index contributed by atoms with van der Waals surface area (Å²) in [5.74, 6) is 0.459. The molecular weight excluding hydrogens is 287 g/mol. The van der Waals surface area contributed by atoms with Gasteiger partial charge in [0, 0.05) is 17.0 Å². The third-order valence-corrected chi connectivity index (χ3v) is 3.30. The predicted molar refractivity (Wildman–Crippen MR) is 74.2 cm³/mol. The summed E-state index contributed by atoms with van der Waals surface area (Å²) < 4.78 is 38.4. The lowest BCUT2D eigenvalue weighted by atomic mass is 10.1. The summed E-state index contributed by atoms with van der Waals surface area (Å²) in [6.45, 7) is 4.14. The van der Waals surface area contributed by atoms with Crippen molar-refractivity contribution in [3.63, 3.8) is 0 Å². The number of aromatic nitrogens is 2. The Balaban J connectivity index is 2.24. The molecule has 106 valence electrons. The van der Waals surface area contributed by atoms with Crippen LogP contribution in [0.2, 0.25) is 0 Å². The first-order valence-electron chi connectivity index (χ1n) is 5.68. The Hall–Kier alpha value is -1.89. The van der Waals surface area contributed by atoms with Gasteiger partial charge in [0.2, 0.25) is 0 Å². The van der Waals surface area contributed by atoms with Crippen LogP contribution in [-0.4, -0.2) is 15.1 Å². The Bertz CT molecular complexity index is 602. The number of allylic oxidation sites excluding steroid dienone is 1. The van der Waals surface area contributed by atoms with Gasteiger partial charge in [-0.25, -0.2) is 4.98 Å². The van der Waals surface area contributed by atoms with Crippen molar-refractivity contribution in [2.45, 2.75) is 16.9 Å². The van der Waals surface area contributed by atoms with Gasteiger partial charge in [0.1, 0.15) is 11.5 Å². The molecule has 0 saturated carbocycles. The highest BCUT2D eigenvalue weighted by Crippen LogP contribution is 2.37. The molecule has 0 bridgehead atoms. The third-order valence-electron chi connectivity index (χ3n) is 2.57. The number of nitrogens with zero attached hydrogens (tertiary/aromatic N) is 2. The zero-order valence-corrected chi connectivity index (χ0v) is 11.2. The average molecular weight is 299 g/mol. The number of nitrogens with two attached hydrogens (primary N) is 1. The zero-order chi connectivity index (χ0) is 14.8. The summed E-state index contributed by atoms with van der Waals surface area (Å²) in [5.41, 5.74) is 2.87. The summed E-state index contributed by atoms with van der Waals surface area (Å²) in [7, 11) is 0. The number of benzene rings is 1. The average Bonchev–Trinajstić information content (AvgIpc) is 2.71. The number of hydrogen-bond donors (Lipinski definition) is 1. The minimum atomic E-state index is -4.29. The minimum Gasteiger partial charge on any atom is -0.383 e. The molecule has 0 fully saturated rings. The number of nitrogen functional groups attached to an aromatic ring is 1. The third kappa shape index (κ3) is 3.36. The maximum absolute atomic E-state index is 12.2. The number of rotatable bonds is 4. The van der Waals surface area contributed by atoms with Crippen LogP contribution < -0.4 is 5.73 Å². The van der Waals surface area contributed by atoms with Crippen LogP contribution in [0, 0.1) is 0 Å². The molecule has 0 aliphatic carbocycles. The molecule has 2 aromatic rings. The van der Waals surface area contributed by atoms with E-state index in [1.54, 1.807) is 29.1 Å². The second-order valence-corrected chi connectivity index (χ2v) is 5.13. The van der Waals surface area contributed by atoms with Crippen molar-refractivity contribution in [1.82, 2.24) is 9.55 Å². The van der Waals surface area contributed by atoms with Crippen LogP contribution >= 0.6 is 11.8 Å². The van der Waals surface area contributed by atoms with E-state index < -0.39 is 5.51 Å². The fraction of sp³-hybridized carbons (Fsp3) is 0.154. The normalized spacial score (nSPS) is 11.6. The van der Waals surface area contributed by atoms with Crippen molar-refractivity contribution < 1.29 is 13.2 Å². The Labute approximate surface area is 118 Å². The van der Waals surface area contributed by atoms with Crippen molar-refractivity contribution in [2.24, 2.45) is 0 Å². The molecule has 0 unspecified atom stereocenters. The molecule has 0 radical (unpaired) electrons. The van der Waals surface area contributed by atoms with Crippen LogP contribution in [0.25, 0.3) is 11.3 Å². The summed E-state index contributed by atoms with van der Waals surface area (Å²) >= 11 is -0.148. The lowest BCUT2D eigenvalue weighted by Crippen LogP contribution is -2.00. The van der Waals surface area contributed by atoms with E-state index in [9.17, 15) is 13.2 Å². The van der Waals surface area contributed by atoms with Crippen molar-refractivity contribution in [2.75, 3.05) is 5.73 Å². The first-order chi connectivity index (χ1) is 9.40. The number of thioether (sulfide) groups is 1. The molecule has 7 heteroatoms. The molecule has 20 heavy (non-hydrogen) atoms. The van der Waals surface area contributed by atoms with Crippen LogP contribution in [0.3, 0.4) is 0 Å². The smallest absolute Gasteiger partial charge is 0.383 e. The first-order valence-corrected chi connectivity index (χ1v) is 6.50. The van der Waals surface area contributed by atoms with Gasteiger partial charge in [-0.3, -0.25) is 0 Å². The van der Waals surface area contributed by atoms with Crippen LogP contribution in [-0.2, 0) is 6.54 Å². The minimum absolute atomic E-state index is 0.130. The number of hydrogen-bond acceptors (Lipinski definition) is 3. The first kappa shape index (κ1) is 14.5. The number of alkyl halides is 3. The van der Waals surface area contributed by atoms with Crippen molar-refractivity contribution in [1.29, 1.82) is 0 Å². The molecule has 0 saturated heterocycles. The van der Waals surface area contributed by atoms with Crippen molar-refractivity contribution >= 4 is 17.6 Å². The van der Waals surface area contributed by atoms with E-state index in [0.717, 1.165) is 0 Å². The van der Waals surface area contributed by atoms with Gasteiger partial charge in [-0.15, -0.1) is 6.58 Å². The van der Waals surface area contributed by atoms with Gasteiger partial charge in [0.15, 0.2) is 0 Å². The lowest BCUT2D eigenvalue weighted by molar-refractivity contribution is -0.0328. The fourth-order valence-electron chi connectivity index (χ4n) is 1.71. The molecular formula is C13H12F3N3S. The summed E-state index contributed by atoms with van der Waals surface area (Å²) in [5, 5.41) is 0. The molecule has 0 aliphatic heterocycles. The molecule has 2 rings (SSSR count). The SMILES string of the molecule is C=CCn1cnc(-c2ccc(SC(F)(F)F)cc2)c1N. The van der Waals surface area contributed by atoms with Gasteiger partial charge in [0.05, 0.1) is 6.33 Å². The van der Waals surface area contributed by atoms with Gasteiger partial charge in [0.25, 0.3) is 0 Å². The molecule has 2 N–H and O–H groups in total. The van der Waals surface area contributed by atoms with E-state index in [0.29, 0.717) is 23.6 Å². The topological polar surface area (TPSA) is 43.8 Å². The highest BCUT2D eigenvalue weighted by molar-refractivity contribution is 8.00. The van der Waals surface area contributed by atoms with Crippen LogP contribution in [0.4, 0.5) is 19.0 Å². The van der Waals surface area contributed by atoms with E-state index in [-0.39, 0.29) is 16.7 Å². The molecule has 1 aromatic carbocycles. The fourth-order valence-corrected chi connectivity index (χ4v) is 2.25. The van der Waals surface area contributed by atoms with Crippen LogP contribution in [0.5, 0.6) is 0 Å². The van der Waals surface area contributed by atoms with Gasteiger partial charge in [-0.1, -0.05) is 18.2 Å². The second-order valence-electron chi connectivity index (χ2n) is 3.99. The largest absolute Gasteiger partial charge is 0.446 e. The number of imidazole rings is 1. The Kier molecular flexibility index (Phi) is 4.08. The lowest BCUT2D eigenvalue weighted by Gasteiger charge is -2.06. The van der Waals surface area contributed by atoms with E-state index in [1.807, 2.05) is 0 Å². The Morgan fingerprint density at radius 2 is 1.95 bits per heavy atom. The molecule has 0 amide bonds. The van der Waals surface area contributed by atoms with Gasteiger partial charge in [-0.2, -0.15) is 13.2 Å². The second kappa shape index (κ2) is 5.62. The molecule has 0 aliphatic rings. The standard InChI is InChI=1S/C13H12F3N3S/c1-2-7-19-8-18-11(12(19)17)9-3-5-10(6-4-9)20-13(14,15)16/h2-6,8H,1,7,17H2. The summed E-state index contributed by atoms with van der Waals surface area (Å²) in [4.78, 5) is 4.30. The number of halogens is 3. The van der Waals surface area contributed by atoms with E-state index >= 15 is 0 Å². The van der Waals surface area contributed by atoms with Gasteiger partial charge in [-0.05, 0) is 23.9 Å². The number of anilines is 1. The monoisotopic (exact) mass is 299 g/mol. The van der Waals surface area contributed by atoms with Crippen LogP contribution in [0.1, 0.15) is 0 Å². The highest BCUT2D eigenvalue weighted by atomic mass is 32.2. The maximum Gasteiger partial charge on any atom is 0.446 e. The highest BCUT2D eigenvalue weighted by Gasteiger charge is 2.29. The summed E-state index contributed by atoms with van der Waals surface area (Å²) in [6.07, 6.45) is 3.26. The van der Waals surface area contributed by atoms with E-state index in [4.69, 9.17) is 5.73 Å². The van der Waals surface area contributed by atoms with Crippen molar-refractivity contribution in [3.8, 4) is 11.3 Å².